The molecule has 2 aliphatic carbocycles. The molecule has 1 aromatic rings. The number of benzene rings is 1. The van der Waals surface area contributed by atoms with Gasteiger partial charge in [0, 0.05) is 11.5 Å². The molecule has 1 aliphatic heterocycles. The fourth-order valence-electron chi connectivity index (χ4n) is 4.33. The Labute approximate surface area is 108 Å². The van der Waals surface area contributed by atoms with E-state index < -0.39 is 0 Å². The molecule has 0 spiro atoms. The van der Waals surface area contributed by atoms with Crippen LogP contribution in [0.3, 0.4) is 0 Å². The van der Waals surface area contributed by atoms with Gasteiger partial charge in [0.15, 0.2) is 0 Å². The summed E-state index contributed by atoms with van der Waals surface area (Å²) in [4.78, 5) is 0. The lowest BCUT2D eigenvalue weighted by atomic mass is 9.57. The molecule has 1 saturated heterocycles. The number of fused-ring (bicyclic) bond motifs is 1. The van der Waals surface area contributed by atoms with E-state index in [1.807, 2.05) is 12.1 Å². The van der Waals surface area contributed by atoms with Gasteiger partial charge in [-0.05, 0) is 67.5 Å². The molecule has 0 unspecified atom stereocenters. The second-order valence-corrected chi connectivity index (χ2v) is 5.94. The highest BCUT2D eigenvalue weighted by molar-refractivity contribution is 5.53. The number of aromatic hydroxyl groups is 1. The first-order chi connectivity index (χ1) is 8.79. The summed E-state index contributed by atoms with van der Waals surface area (Å²) in [5.41, 5.74) is 4.69. The van der Waals surface area contributed by atoms with Crippen molar-refractivity contribution in [1.29, 1.82) is 0 Å². The smallest absolute Gasteiger partial charge is 0.115 e. The van der Waals surface area contributed by atoms with Crippen molar-refractivity contribution in [3.8, 4) is 5.75 Å². The Morgan fingerprint density at radius 1 is 1.28 bits per heavy atom. The summed E-state index contributed by atoms with van der Waals surface area (Å²) in [6, 6.07) is 6.52. The molecule has 0 saturated carbocycles. The number of nitrogens with one attached hydrogen (secondary N) is 1. The molecule has 2 atom stereocenters. The SMILES string of the molecule is Oc1ccc2c(c1)[C@@]13CCCC=C1[C@@H](C2)NCC3. The van der Waals surface area contributed by atoms with Crippen molar-refractivity contribution in [3.05, 3.63) is 41.0 Å². The molecule has 2 N–H and O–H groups in total. The Balaban J connectivity index is 1.98. The number of phenolic OH excluding ortho intramolecular Hbond substituents is 1. The monoisotopic (exact) mass is 241 g/mol. The standard InChI is InChI=1S/C16H19NO/c18-12-5-4-11-9-15-13-3-1-2-6-16(13,7-8-17-15)14(11)10-12/h3-5,10,15,17-18H,1-2,6-9H2/t15-,16-/m1/s1. The van der Waals surface area contributed by atoms with Crippen LogP contribution in [0.2, 0.25) is 0 Å². The summed E-state index contributed by atoms with van der Waals surface area (Å²) in [6.07, 6.45) is 8.50. The van der Waals surface area contributed by atoms with Crippen LogP contribution in [0.15, 0.2) is 29.8 Å². The summed E-state index contributed by atoms with van der Waals surface area (Å²) in [5.74, 6) is 0.421. The normalized spacial score (nSPS) is 33.3. The van der Waals surface area contributed by atoms with E-state index in [-0.39, 0.29) is 5.41 Å². The summed E-state index contributed by atoms with van der Waals surface area (Å²) >= 11 is 0. The molecule has 94 valence electrons. The number of rotatable bonds is 0. The van der Waals surface area contributed by atoms with Crippen LogP contribution in [0.1, 0.15) is 36.8 Å². The molecule has 3 aliphatic rings. The zero-order chi connectivity index (χ0) is 12.2. The highest BCUT2D eigenvalue weighted by atomic mass is 16.3. The molecular formula is C16H19NO. The lowest BCUT2D eigenvalue weighted by molar-refractivity contribution is 0.286. The minimum absolute atomic E-state index is 0.237. The number of phenols is 1. The maximum atomic E-state index is 9.84. The summed E-state index contributed by atoms with van der Waals surface area (Å²) < 4.78 is 0. The first-order valence-electron chi connectivity index (χ1n) is 7.06. The van der Waals surface area contributed by atoms with Gasteiger partial charge < -0.3 is 10.4 Å². The van der Waals surface area contributed by atoms with E-state index in [0.717, 1.165) is 13.0 Å². The average molecular weight is 241 g/mol. The quantitative estimate of drug-likeness (QED) is 0.684. The van der Waals surface area contributed by atoms with Crippen LogP contribution in [-0.2, 0) is 11.8 Å². The average Bonchev–Trinajstić information content (AvgIpc) is 2.40. The number of hydrogen-bond acceptors (Lipinski definition) is 2. The van der Waals surface area contributed by atoms with E-state index >= 15 is 0 Å². The van der Waals surface area contributed by atoms with Crippen LogP contribution in [0, 0.1) is 0 Å². The predicted octanol–water partition coefficient (Wildman–Crippen LogP) is 2.66. The molecule has 2 heteroatoms. The third-order valence-electron chi connectivity index (χ3n) is 5.08. The Morgan fingerprint density at radius 3 is 3.17 bits per heavy atom. The first-order valence-corrected chi connectivity index (χ1v) is 7.06. The van der Waals surface area contributed by atoms with Crippen molar-refractivity contribution in [2.75, 3.05) is 6.54 Å². The zero-order valence-electron chi connectivity index (χ0n) is 10.6. The molecule has 0 amide bonds. The van der Waals surface area contributed by atoms with E-state index in [4.69, 9.17) is 0 Å². The maximum absolute atomic E-state index is 9.84. The van der Waals surface area contributed by atoms with E-state index in [0.29, 0.717) is 11.8 Å². The van der Waals surface area contributed by atoms with Gasteiger partial charge in [-0.15, -0.1) is 0 Å². The predicted molar refractivity (Wildman–Crippen MR) is 71.8 cm³/mol. The minimum Gasteiger partial charge on any atom is -0.508 e. The van der Waals surface area contributed by atoms with E-state index in [9.17, 15) is 5.11 Å². The van der Waals surface area contributed by atoms with E-state index in [2.05, 4.69) is 17.5 Å². The van der Waals surface area contributed by atoms with Gasteiger partial charge in [-0.2, -0.15) is 0 Å². The molecule has 18 heavy (non-hydrogen) atoms. The van der Waals surface area contributed by atoms with Gasteiger partial charge >= 0.3 is 0 Å². The molecule has 2 nitrogen and oxygen atoms in total. The fourth-order valence-corrected chi connectivity index (χ4v) is 4.33. The van der Waals surface area contributed by atoms with Crippen molar-refractivity contribution in [2.45, 2.75) is 43.6 Å². The van der Waals surface area contributed by atoms with Gasteiger partial charge in [0.05, 0.1) is 0 Å². The van der Waals surface area contributed by atoms with Crippen molar-refractivity contribution in [2.24, 2.45) is 0 Å². The zero-order valence-corrected chi connectivity index (χ0v) is 10.6. The van der Waals surface area contributed by atoms with Gasteiger partial charge in [0.1, 0.15) is 5.75 Å². The third kappa shape index (κ3) is 1.27. The molecule has 2 bridgehead atoms. The Bertz CT molecular complexity index is 534. The lowest BCUT2D eigenvalue weighted by Gasteiger charge is -2.51. The van der Waals surface area contributed by atoms with Crippen molar-refractivity contribution in [1.82, 2.24) is 5.32 Å². The van der Waals surface area contributed by atoms with Gasteiger partial charge in [0.25, 0.3) is 0 Å². The minimum atomic E-state index is 0.237. The third-order valence-corrected chi connectivity index (χ3v) is 5.08. The Morgan fingerprint density at radius 2 is 2.22 bits per heavy atom. The maximum Gasteiger partial charge on any atom is 0.115 e. The van der Waals surface area contributed by atoms with Crippen molar-refractivity contribution < 1.29 is 5.11 Å². The van der Waals surface area contributed by atoms with Crippen LogP contribution < -0.4 is 5.32 Å². The van der Waals surface area contributed by atoms with Gasteiger partial charge in [-0.3, -0.25) is 0 Å². The fraction of sp³-hybridized carbons (Fsp3) is 0.500. The number of hydrogen-bond donors (Lipinski definition) is 2. The van der Waals surface area contributed by atoms with Gasteiger partial charge in [0.2, 0.25) is 0 Å². The summed E-state index contributed by atoms with van der Waals surface area (Å²) in [5, 5.41) is 13.5. The molecule has 1 heterocycles. The van der Waals surface area contributed by atoms with Crippen LogP contribution >= 0.6 is 0 Å². The molecule has 1 fully saturated rings. The van der Waals surface area contributed by atoms with Crippen molar-refractivity contribution >= 4 is 0 Å². The van der Waals surface area contributed by atoms with E-state index in [1.165, 1.54) is 36.8 Å². The molecule has 4 rings (SSSR count). The van der Waals surface area contributed by atoms with Gasteiger partial charge in [-0.1, -0.05) is 12.1 Å². The van der Waals surface area contributed by atoms with Crippen molar-refractivity contribution in [3.63, 3.8) is 0 Å². The van der Waals surface area contributed by atoms with Crippen LogP contribution in [0.5, 0.6) is 5.75 Å². The molecule has 0 radical (unpaired) electrons. The van der Waals surface area contributed by atoms with E-state index in [1.54, 1.807) is 5.57 Å². The molecule has 0 aromatic heterocycles. The largest absolute Gasteiger partial charge is 0.508 e. The number of piperidine rings is 1. The molecule has 1 aromatic carbocycles. The lowest BCUT2D eigenvalue weighted by Crippen LogP contribution is -2.54. The molecular weight excluding hydrogens is 222 g/mol. The van der Waals surface area contributed by atoms with Crippen LogP contribution in [0.4, 0.5) is 0 Å². The summed E-state index contributed by atoms with van der Waals surface area (Å²) in [6.45, 7) is 1.11. The van der Waals surface area contributed by atoms with Gasteiger partial charge in [-0.25, -0.2) is 0 Å². The summed E-state index contributed by atoms with van der Waals surface area (Å²) in [7, 11) is 0. The Kier molecular flexibility index (Phi) is 2.13. The second-order valence-electron chi connectivity index (χ2n) is 5.94. The van der Waals surface area contributed by atoms with Crippen LogP contribution in [0.25, 0.3) is 0 Å². The van der Waals surface area contributed by atoms with Crippen LogP contribution in [-0.4, -0.2) is 17.7 Å². The number of allylic oxidation sites excluding steroid dienone is 1. The topological polar surface area (TPSA) is 32.3 Å². The highest BCUT2D eigenvalue weighted by Gasteiger charge is 2.47. The first kappa shape index (κ1) is 10.6. The highest BCUT2D eigenvalue weighted by Crippen LogP contribution is 2.51. The Hall–Kier alpha value is -1.28. The second kappa shape index (κ2) is 3.61.